The van der Waals surface area contributed by atoms with Gasteiger partial charge in [-0.25, -0.2) is 0 Å². The Bertz CT molecular complexity index is 489. The summed E-state index contributed by atoms with van der Waals surface area (Å²) in [5, 5.41) is 13.0. The lowest BCUT2D eigenvalue weighted by atomic mass is 9.85. The van der Waals surface area contributed by atoms with Gasteiger partial charge in [-0.05, 0) is 5.41 Å². The summed E-state index contributed by atoms with van der Waals surface area (Å²) in [6.07, 6.45) is 0.0728. The van der Waals surface area contributed by atoms with Crippen LogP contribution in [-0.4, -0.2) is 22.0 Å². The molecule has 0 spiro atoms. The maximum atomic E-state index is 11.6. The van der Waals surface area contributed by atoms with E-state index in [0.29, 0.717) is 5.69 Å². The molecule has 1 aromatic heterocycles. The van der Waals surface area contributed by atoms with Crippen molar-refractivity contribution >= 4 is 23.2 Å². The van der Waals surface area contributed by atoms with Gasteiger partial charge < -0.3 is 15.4 Å². The van der Waals surface area contributed by atoms with E-state index in [1.807, 2.05) is 0 Å². The number of hydrogen-bond acceptors (Lipinski definition) is 4. The van der Waals surface area contributed by atoms with Gasteiger partial charge in [0.2, 0.25) is 5.91 Å². The molecule has 0 saturated heterocycles. The molecule has 0 aliphatic carbocycles. The monoisotopic (exact) mass is 272 g/mol. The minimum absolute atomic E-state index is 0.0598. The van der Waals surface area contributed by atoms with Crippen molar-refractivity contribution in [2.75, 3.05) is 0 Å². The standard InChI is InChI=1S/C11H16N2O4S/c1-11(2,4-9(15)16)3-8(14)12-5-7-6-18-10(17)13-7/h6H,3-5H2,1-2H3,(H,12,14)(H,13,17)(H,15,16). The minimum atomic E-state index is -0.921. The summed E-state index contributed by atoms with van der Waals surface area (Å²) < 4.78 is 0. The summed E-state index contributed by atoms with van der Waals surface area (Å²) in [4.78, 5) is 35.5. The third-order valence-electron chi connectivity index (χ3n) is 2.32. The first kappa shape index (κ1) is 14.4. The Labute approximate surface area is 108 Å². The first-order chi connectivity index (χ1) is 8.28. The Morgan fingerprint density at radius 3 is 2.61 bits per heavy atom. The maximum Gasteiger partial charge on any atom is 0.304 e. The van der Waals surface area contributed by atoms with Crippen molar-refractivity contribution in [1.29, 1.82) is 0 Å². The lowest BCUT2D eigenvalue weighted by Crippen LogP contribution is -2.30. The van der Waals surface area contributed by atoms with E-state index in [1.54, 1.807) is 19.2 Å². The second-order valence-corrected chi connectivity index (χ2v) is 5.70. The predicted octanol–water partition coefficient (Wildman–Crippen LogP) is 0.944. The number of carbonyl (C=O) groups excluding carboxylic acids is 1. The van der Waals surface area contributed by atoms with E-state index in [1.165, 1.54) is 0 Å². The molecule has 3 N–H and O–H groups in total. The molecule has 0 aromatic carbocycles. The molecular weight excluding hydrogens is 256 g/mol. The van der Waals surface area contributed by atoms with Crippen molar-refractivity contribution in [2.24, 2.45) is 5.41 Å². The molecule has 6 nitrogen and oxygen atoms in total. The number of nitrogens with one attached hydrogen (secondary N) is 2. The van der Waals surface area contributed by atoms with Crippen LogP contribution < -0.4 is 10.2 Å². The van der Waals surface area contributed by atoms with Crippen LogP contribution in [0.15, 0.2) is 10.2 Å². The average molecular weight is 272 g/mol. The van der Waals surface area contributed by atoms with Crippen molar-refractivity contribution in [1.82, 2.24) is 10.3 Å². The summed E-state index contributed by atoms with van der Waals surface area (Å²) in [7, 11) is 0. The van der Waals surface area contributed by atoms with Crippen LogP contribution in [0.5, 0.6) is 0 Å². The van der Waals surface area contributed by atoms with Gasteiger partial charge in [0.05, 0.1) is 13.0 Å². The van der Waals surface area contributed by atoms with Gasteiger partial charge in [-0.3, -0.25) is 14.4 Å². The molecular formula is C11H16N2O4S. The third kappa shape index (κ3) is 5.13. The van der Waals surface area contributed by atoms with Gasteiger partial charge in [0, 0.05) is 17.5 Å². The molecule has 0 fully saturated rings. The number of aliphatic carboxylic acids is 1. The summed E-state index contributed by atoms with van der Waals surface area (Å²) in [5.74, 6) is -1.15. The number of carbonyl (C=O) groups is 2. The highest BCUT2D eigenvalue weighted by atomic mass is 32.1. The highest BCUT2D eigenvalue weighted by Gasteiger charge is 2.25. The molecule has 0 saturated carbocycles. The highest BCUT2D eigenvalue weighted by Crippen LogP contribution is 2.24. The fraction of sp³-hybridized carbons (Fsp3) is 0.545. The zero-order valence-corrected chi connectivity index (χ0v) is 11.1. The van der Waals surface area contributed by atoms with Crippen LogP contribution in [0.25, 0.3) is 0 Å². The van der Waals surface area contributed by atoms with E-state index in [9.17, 15) is 14.4 Å². The number of thiazole rings is 1. The molecule has 0 unspecified atom stereocenters. The highest BCUT2D eigenvalue weighted by molar-refractivity contribution is 7.07. The molecule has 1 heterocycles. The van der Waals surface area contributed by atoms with Crippen LogP contribution >= 0.6 is 11.3 Å². The third-order valence-corrected chi connectivity index (χ3v) is 3.03. The van der Waals surface area contributed by atoms with Gasteiger partial charge in [-0.15, -0.1) is 0 Å². The van der Waals surface area contributed by atoms with E-state index < -0.39 is 11.4 Å². The molecule has 18 heavy (non-hydrogen) atoms. The zero-order chi connectivity index (χ0) is 13.8. The van der Waals surface area contributed by atoms with E-state index in [-0.39, 0.29) is 30.2 Å². The second kappa shape index (κ2) is 5.81. The molecule has 7 heteroatoms. The van der Waals surface area contributed by atoms with Crippen molar-refractivity contribution < 1.29 is 14.7 Å². The molecule has 0 radical (unpaired) electrons. The molecule has 1 amide bonds. The van der Waals surface area contributed by atoms with Gasteiger partial charge in [0.25, 0.3) is 0 Å². The van der Waals surface area contributed by atoms with Gasteiger partial charge >= 0.3 is 10.8 Å². The van der Waals surface area contributed by atoms with Crippen LogP contribution in [0.2, 0.25) is 0 Å². The topological polar surface area (TPSA) is 99.3 Å². The smallest absolute Gasteiger partial charge is 0.304 e. The van der Waals surface area contributed by atoms with Crippen molar-refractivity contribution in [3.05, 3.63) is 20.7 Å². The van der Waals surface area contributed by atoms with E-state index in [2.05, 4.69) is 10.3 Å². The molecule has 100 valence electrons. The number of carboxylic acid groups (broad SMARTS) is 1. The Balaban J connectivity index is 2.42. The zero-order valence-electron chi connectivity index (χ0n) is 10.3. The fourth-order valence-corrected chi connectivity index (χ4v) is 2.14. The van der Waals surface area contributed by atoms with Crippen molar-refractivity contribution in [2.45, 2.75) is 33.2 Å². The van der Waals surface area contributed by atoms with E-state index in [0.717, 1.165) is 11.3 Å². The fourth-order valence-electron chi connectivity index (χ4n) is 1.56. The number of H-pyrrole nitrogens is 1. The Morgan fingerprint density at radius 2 is 2.11 bits per heavy atom. The van der Waals surface area contributed by atoms with Crippen LogP contribution in [-0.2, 0) is 16.1 Å². The first-order valence-electron chi connectivity index (χ1n) is 5.44. The average Bonchev–Trinajstić information content (AvgIpc) is 2.58. The molecule has 1 aromatic rings. The number of rotatable bonds is 6. The summed E-state index contributed by atoms with van der Waals surface area (Å²) in [6.45, 7) is 3.71. The first-order valence-corrected chi connectivity index (χ1v) is 6.32. The molecule has 0 atom stereocenters. The second-order valence-electron chi connectivity index (χ2n) is 4.86. The Hall–Kier alpha value is -1.63. The van der Waals surface area contributed by atoms with E-state index >= 15 is 0 Å². The quantitative estimate of drug-likeness (QED) is 0.717. The van der Waals surface area contributed by atoms with E-state index in [4.69, 9.17) is 5.11 Å². The van der Waals surface area contributed by atoms with Gasteiger partial charge in [0.15, 0.2) is 0 Å². The summed E-state index contributed by atoms with van der Waals surface area (Å²) >= 11 is 1.04. The van der Waals surface area contributed by atoms with Crippen LogP contribution in [0.4, 0.5) is 0 Å². The maximum absolute atomic E-state index is 11.6. The normalized spacial score (nSPS) is 11.2. The van der Waals surface area contributed by atoms with Crippen LogP contribution in [0.1, 0.15) is 32.4 Å². The number of hydrogen-bond donors (Lipinski definition) is 3. The Morgan fingerprint density at radius 1 is 1.44 bits per heavy atom. The number of aromatic nitrogens is 1. The summed E-state index contributed by atoms with van der Waals surface area (Å²) in [5.41, 5.74) is 0.0622. The number of amides is 1. The van der Waals surface area contributed by atoms with Gasteiger partial charge in [0.1, 0.15) is 0 Å². The van der Waals surface area contributed by atoms with Crippen molar-refractivity contribution in [3.8, 4) is 0 Å². The van der Waals surface area contributed by atoms with Crippen LogP contribution in [0, 0.1) is 5.41 Å². The largest absolute Gasteiger partial charge is 0.481 e. The molecule has 1 rings (SSSR count). The van der Waals surface area contributed by atoms with Crippen molar-refractivity contribution in [3.63, 3.8) is 0 Å². The molecule has 0 aliphatic rings. The molecule has 0 aliphatic heterocycles. The molecule has 0 bridgehead atoms. The van der Waals surface area contributed by atoms with Crippen LogP contribution in [0.3, 0.4) is 0 Å². The lowest BCUT2D eigenvalue weighted by molar-refractivity contribution is -0.139. The number of carboxylic acids is 1. The lowest BCUT2D eigenvalue weighted by Gasteiger charge is -2.21. The van der Waals surface area contributed by atoms with Gasteiger partial charge in [-0.2, -0.15) is 0 Å². The van der Waals surface area contributed by atoms with Gasteiger partial charge in [-0.1, -0.05) is 25.2 Å². The predicted molar refractivity (Wildman–Crippen MR) is 67.4 cm³/mol. The minimum Gasteiger partial charge on any atom is -0.481 e. The summed E-state index contributed by atoms with van der Waals surface area (Å²) in [6, 6.07) is 0. The SMILES string of the molecule is CC(C)(CC(=O)O)CC(=O)NCc1csc(=O)[nH]1. The Kier molecular flexibility index (Phi) is 4.66. The number of aromatic amines is 1.